The molecule has 0 unspecified atom stereocenters. The number of aryl methyl sites for hydroxylation is 1. The third-order valence-electron chi connectivity index (χ3n) is 4.21. The van der Waals surface area contributed by atoms with E-state index < -0.39 is 6.37 Å². The summed E-state index contributed by atoms with van der Waals surface area (Å²) in [6, 6.07) is 16.4. The lowest BCUT2D eigenvalue weighted by Gasteiger charge is -2.08. The van der Waals surface area contributed by atoms with Crippen molar-refractivity contribution in [3.05, 3.63) is 65.9 Å². The summed E-state index contributed by atoms with van der Waals surface area (Å²) in [6.07, 6.45) is 0.352. The molecule has 0 fully saturated rings. The third-order valence-corrected chi connectivity index (χ3v) is 5.60. The van der Waals surface area contributed by atoms with Gasteiger partial charge >= 0.3 is 0 Å². The number of rotatable bonds is 3. The number of hydrogen-bond acceptors (Lipinski definition) is 2. The Morgan fingerprint density at radius 1 is 1.04 bits per heavy atom. The van der Waals surface area contributed by atoms with E-state index in [9.17, 15) is 0 Å². The van der Waals surface area contributed by atoms with Gasteiger partial charge in [0.25, 0.3) is 0 Å². The van der Waals surface area contributed by atoms with Crippen LogP contribution in [0.15, 0.2) is 54.7 Å². The van der Waals surface area contributed by atoms with Crippen LogP contribution >= 0.6 is 11.3 Å². The predicted octanol–water partition coefficient (Wildman–Crippen LogP) is 6.62. The number of nitrogens with zero attached hydrogens (tertiary/aromatic N) is 1. The molecular weight excluding hydrogens is 310 g/mol. The Balaban J connectivity index is 1.96. The Morgan fingerprint density at radius 3 is 2.58 bits per heavy atom. The highest BCUT2D eigenvalue weighted by atomic mass is 32.1. The SMILES string of the molecule is [2H]C([2H])(c1ccnc(-c2cccc3c2sc2c(C)cccc23)c1)C(C)C. The fraction of sp³-hybridized carbons (Fsp3) is 0.227. The van der Waals surface area contributed by atoms with Gasteiger partial charge in [-0.2, -0.15) is 0 Å². The lowest BCUT2D eigenvalue weighted by molar-refractivity contribution is 0.647. The van der Waals surface area contributed by atoms with Crippen molar-refractivity contribution in [3.63, 3.8) is 0 Å². The monoisotopic (exact) mass is 333 g/mol. The maximum atomic E-state index is 8.40. The van der Waals surface area contributed by atoms with E-state index in [0.717, 1.165) is 11.3 Å². The summed E-state index contributed by atoms with van der Waals surface area (Å²) in [5.74, 6) is -0.0967. The molecule has 0 radical (unpaired) electrons. The molecule has 0 N–H and O–H groups in total. The van der Waals surface area contributed by atoms with Crippen molar-refractivity contribution in [2.24, 2.45) is 5.92 Å². The van der Waals surface area contributed by atoms with Crippen molar-refractivity contribution >= 4 is 31.5 Å². The Bertz CT molecular complexity index is 1110. The Labute approximate surface area is 149 Å². The van der Waals surface area contributed by atoms with Crippen molar-refractivity contribution < 1.29 is 2.74 Å². The van der Waals surface area contributed by atoms with E-state index in [1.54, 1.807) is 23.6 Å². The smallest absolute Gasteiger partial charge is 0.0719 e. The zero-order valence-corrected chi connectivity index (χ0v) is 14.9. The Kier molecular flexibility index (Phi) is 3.30. The number of thiophene rings is 1. The molecule has 24 heavy (non-hydrogen) atoms. The normalized spacial score (nSPS) is 13.5. The van der Waals surface area contributed by atoms with Crippen LogP contribution in [-0.2, 0) is 6.37 Å². The first-order chi connectivity index (χ1) is 12.4. The molecular formula is C22H21NS. The van der Waals surface area contributed by atoms with Crippen LogP contribution in [0.3, 0.4) is 0 Å². The van der Waals surface area contributed by atoms with E-state index in [1.807, 2.05) is 19.9 Å². The van der Waals surface area contributed by atoms with Crippen molar-refractivity contribution in [2.45, 2.75) is 27.1 Å². The number of aromatic nitrogens is 1. The molecule has 4 rings (SSSR count). The molecule has 0 aliphatic rings. The summed E-state index contributed by atoms with van der Waals surface area (Å²) in [4.78, 5) is 4.57. The van der Waals surface area contributed by atoms with Gasteiger partial charge in [-0.25, -0.2) is 0 Å². The van der Waals surface area contributed by atoms with Gasteiger partial charge in [0.2, 0.25) is 0 Å². The highest BCUT2D eigenvalue weighted by molar-refractivity contribution is 7.26. The van der Waals surface area contributed by atoms with Crippen LogP contribution < -0.4 is 0 Å². The largest absolute Gasteiger partial charge is 0.256 e. The van der Waals surface area contributed by atoms with Gasteiger partial charge in [0, 0.05) is 34.7 Å². The van der Waals surface area contributed by atoms with E-state index in [-0.39, 0.29) is 5.92 Å². The van der Waals surface area contributed by atoms with Crippen molar-refractivity contribution in [2.75, 3.05) is 0 Å². The van der Waals surface area contributed by atoms with Crippen LogP contribution in [-0.4, -0.2) is 4.98 Å². The summed E-state index contributed by atoms with van der Waals surface area (Å²) in [5, 5.41) is 2.52. The van der Waals surface area contributed by atoms with Crippen LogP contribution in [0.5, 0.6) is 0 Å². The second-order valence-electron chi connectivity index (χ2n) is 6.46. The van der Waals surface area contributed by atoms with E-state index in [4.69, 9.17) is 2.74 Å². The molecule has 0 amide bonds. The Morgan fingerprint density at radius 2 is 1.79 bits per heavy atom. The quantitative estimate of drug-likeness (QED) is 0.410. The zero-order valence-electron chi connectivity index (χ0n) is 16.1. The fourth-order valence-corrected chi connectivity index (χ4v) is 4.46. The minimum absolute atomic E-state index is 0.0967. The molecule has 4 aromatic rings. The molecule has 0 saturated heterocycles. The highest BCUT2D eigenvalue weighted by Crippen LogP contribution is 2.40. The number of hydrogen-bond donors (Lipinski definition) is 0. The topological polar surface area (TPSA) is 12.9 Å². The molecule has 2 heterocycles. The first-order valence-electron chi connectivity index (χ1n) is 9.27. The van der Waals surface area contributed by atoms with E-state index in [2.05, 4.69) is 48.3 Å². The summed E-state index contributed by atoms with van der Waals surface area (Å²) in [5.41, 5.74) is 3.88. The molecule has 0 atom stereocenters. The van der Waals surface area contributed by atoms with Gasteiger partial charge in [0.1, 0.15) is 0 Å². The summed E-state index contributed by atoms with van der Waals surface area (Å²) in [7, 11) is 0. The predicted molar refractivity (Wildman–Crippen MR) is 106 cm³/mol. The fourth-order valence-electron chi connectivity index (χ4n) is 3.16. The first-order valence-corrected chi connectivity index (χ1v) is 9.09. The molecule has 2 heteroatoms. The van der Waals surface area contributed by atoms with Gasteiger partial charge in [0.05, 0.1) is 5.69 Å². The van der Waals surface area contributed by atoms with Crippen LogP contribution in [0.4, 0.5) is 0 Å². The van der Waals surface area contributed by atoms with Crippen LogP contribution in [0.25, 0.3) is 31.4 Å². The summed E-state index contributed by atoms with van der Waals surface area (Å²) >= 11 is 1.80. The third kappa shape index (κ3) is 2.61. The van der Waals surface area contributed by atoms with Crippen LogP contribution in [0.1, 0.15) is 27.7 Å². The van der Waals surface area contributed by atoms with Gasteiger partial charge < -0.3 is 0 Å². The van der Waals surface area contributed by atoms with Gasteiger partial charge in [0.15, 0.2) is 0 Å². The summed E-state index contributed by atoms with van der Waals surface area (Å²) < 4.78 is 19.3. The molecule has 120 valence electrons. The van der Waals surface area contributed by atoms with Crippen molar-refractivity contribution in [3.8, 4) is 11.3 Å². The second kappa shape index (κ2) is 6.03. The maximum Gasteiger partial charge on any atom is 0.0719 e. The van der Waals surface area contributed by atoms with Crippen molar-refractivity contribution in [1.29, 1.82) is 0 Å². The van der Waals surface area contributed by atoms with Gasteiger partial charge in [-0.3, -0.25) is 4.98 Å². The molecule has 0 spiro atoms. The van der Waals surface area contributed by atoms with Crippen molar-refractivity contribution in [1.82, 2.24) is 4.98 Å². The highest BCUT2D eigenvalue weighted by Gasteiger charge is 2.12. The number of fused-ring (bicyclic) bond motifs is 3. The lowest BCUT2D eigenvalue weighted by atomic mass is 10.0. The second-order valence-corrected chi connectivity index (χ2v) is 7.49. The molecule has 1 nitrogen and oxygen atoms in total. The van der Waals surface area contributed by atoms with E-state index in [1.165, 1.54) is 25.7 Å². The van der Waals surface area contributed by atoms with E-state index >= 15 is 0 Å². The van der Waals surface area contributed by atoms with Gasteiger partial charge in [-0.05, 0) is 42.5 Å². The average molecular weight is 333 g/mol. The average Bonchev–Trinajstić information content (AvgIpc) is 3.02. The minimum atomic E-state index is -1.37. The van der Waals surface area contributed by atoms with Crippen LogP contribution in [0.2, 0.25) is 0 Å². The lowest BCUT2D eigenvalue weighted by Crippen LogP contribution is -1.95. The Hall–Kier alpha value is -2.19. The van der Waals surface area contributed by atoms with Gasteiger partial charge in [-0.1, -0.05) is 50.2 Å². The molecule has 0 aliphatic heterocycles. The minimum Gasteiger partial charge on any atom is -0.256 e. The van der Waals surface area contributed by atoms with Gasteiger partial charge in [-0.15, -0.1) is 11.3 Å². The zero-order chi connectivity index (χ0) is 18.5. The molecule has 2 aromatic heterocycles. The first kappa shape index (κ1) is 13.1. The number of pyridine rings is 1. The maximum absolute atomic E-state index is 8.40. The summed E-state index contributed by atoms with van der Waals surface area (Å²) in [6.45, 7) is 5.97. The standard InChI is InChI=1S/C22H21NS/c1-14(2)12-16-10-11-23-20(13-16)19-9-5-8-18-17-7-4-6-15(3)21(17)24-22(18)19/h4-11,13-14H,12H2,1-3H3/i12D2. The molecule has 2 aromatic carbocycles. The molecule has 0 aliphatic carbocycles. The van der Waals surface area contributed by atoms with E-state index in [0.29, 0.717) is 5.56 Å². The molecule has 0 saturated carbocycles. The number of benzene rings is 2. The van der Waals surface area contributed by atoms with Crippen LogP contribution in [0, 0.1) is 12.8 Å². The molecule has 0 bridgehead atoms.